The van der Waals surface area contributed by atoms with Crippen molar-refractivity contribution in [3.63, 3.8) is 0 Å². The van der Waals surface area contributed by atoms with Gasteiger partial charge in [0.1, 0.15) is 5.60 Å². The monoisotopic (exact) mass is 428 g/mol. The lowest BCUT2D eigenvalue weighted by Crippen LogP contribution is -2.58. The van der Waals surface area contributed by atoms with Gasteiger partial charge >= 0.3 is 12.2 Å². The van der Waals surface area contributed by atoms with Crippen LogP contribution in [0, 0.1) is 0 Å². The van der Waals surface area contributed by atoms with Crippen LogP contribution in [0.25, 0.3) is 0 Å². The summed E-state index contributed by atoms with van der Waals surface area (Å²) < 4.78 is 11.2. The Labute approximate surface area is 183 Å². The molecule has 5 rings (SSSR count). The highest BCUT2D eigenvalue weighted by Gasteiger charge is 2.52. The van der Waals surface area contributed by atoms with Gasteiger partial charge in [-0.1, -0.05) is 6.07 Å². The van der Waals surface area contributed by atoms with Crippen LogP contribution in [0.15, 0.2) is 24.4 Å². The number of carbonyl (C=O) groups is 2. The molecule has 1 aromatic rings. The molecule has 4 fully saturated rings. The second-order valence-electron chi connectivity index (χ2n) is 9.33. The van der Waals surface area contributed by atoms with Gasteiger partial charge in [-0.15, -0.1) is 0 Å². The number of likely N-dealkylation sites (tertiary alicyclic amines) is 1. The molecule has 4 saturated heterocycles. The maximum Gasteiger partial charge on any atom is 0.410 e. The Kier molecular flexibility index (Phi) is 5.50. The molecule has 1 aromatic heterocycles. The van der Waals surface area contributed by atoms with E-state index >= 15 is 0 Å². The molecule has 4 aliphatic heterocycles. The van der Waals surface area contributed by atoms with Crippen LogP contribution in [0.4, 0.5) is 9.59 Å². The predicted octanol–water partition coefficient (Wildman–Crippen LogP) is 2.72. The summed E-state index contributed by atoms with van der Waals surface area (Å²) in [5.41, 5.74) is 0.526. The van der Waals surface area contributed by atoms with Crippen molar-refractivity contribution in [1.82, 2.24) is 20.1 Å². The second kappa shape index (κ2) is 8.30. The Morgan fingerprint density at radius 1 is 1.23 bits per heavy atom. The summed E-state index contributed by atoms with van der Waals surface area (Å²) in [6.45, 7) is 4.12. The minimum atomic E-state index is -0.449. The molecule has 3 atom stereocenters. The molecule has 4 aliphatic rings. The topological polar surface area (TPSA) is 84.0 Å². The first kappa shape index (κ1) is 20.5. The van der Waals surface area contributed by atoms with Gasteiger partial charge in [0.25, 0.3) is 0 Å². The van der Waals surface area contributed by atoms with Crippen molar-refractivity contribution in [3.8, 4) is 0 Å². The van der Waals surface area contributed by atoms with Gasteiger partial charge in [0.15, 0.2) is 0 Å². The highest BCUT2D eigenvalue weighted by atomic mass is 16.6. The summed E-state index contributed by atoms with van der Waals surface area (Å²) in [6.07, 6.45) is 7.86. The van der Waals surface area contributed by atoms with Crippen molar-refractivity contribution in [2.24, 2.45) is 0 Å². The lowest BCUT2D eigenvalue weighted by atomic mass is 9.81. The first-order valence-corrected chi connectivity index (χ1v) is 11.7. The number of piperidine rings is 2. The third-order valence-corrected chi connectivity index (χ3v) is 7.71. The molecular formula is C23H32N4O4. The third-order valence-electron chi connectivity index (χ3n) is 7.71. The van der Waals surface area contributed by atoms with E-state index in [1.165, 1.54) is 0 Å². The summed E-state index contributed by atoms with van der Waals surface area (Å²) in [4.78, 5) is 33.5. The SMILES string of the molecule is CCOC(=O)N1C2CCC1CC(N1CCC3(CC1)OC(=O)NC3Cc1ccccn1)C2. The van der Waals surface area contributed by atoms with E-state index in [9.17, 15) is 9.59 Å². The normalized spacial score (nSPS) is 32.0. The number of carbonyl (C=O) groups excluding carboxylic acids is 2. The number of pyridine rings is 1. The molecule has 3 unspecified atom stereocenters. The molecule has 1 N–H and O–H groups in total. The maximum absolute atomic E-state index is 12.4. The van der Waals surface area contributed by atoms with E-state index in [1.807, 2.05) is 30.0 Å². The zero-order chi connectivity index (χ0) is 21.4. The van der Waals surface area contributed by atoms with Crippen molar-refractivity contribution < 1.29 is 19.1 Å². The van der Waals surface area contributed by atoms with Crippen LogP contribution >= 0.6 is 0 Å². The number of nitrogens with one attached hydrogen (secondary N) is 1. The molecule has 0 saturated carbocycles. The van der Waals surface area contributed by atoms with E-state index in [-0.39, 0.29) is 18.2 Å². The fourth-order valence-electron chi connectivity index (χ4n) is 6.18. The lowest BCUT2D eigenvalue weighted by Gasteiger charge is -2.47. The zero-order valence-corrected chi connectivity index (χ0v) is 18.2. The Hall–Kier alpha value is -2.35. The van der Waals surface area contributed by atoms with Gasteiger partial charge in [0.05, 0.1) is 12.6 Å². The van der Waals surface area contributed by atoms with E-state index in [0.29, 0.717) is 31.2 Å². The molecule has 5 heterocycles. The van der Waals surface area contributed by atoms with E-state index in [4.69, 9.17) is 9.47 Å². The van der Waals surface area contributed by atoms with Crippen LogP contribution in [0.1, 0.15) is 51.1 Å². The molecule has 0 aromatic carbocycles. The molecule has 2 bridgehead atoms. The summed E-state index contributed by atoms with van der Waals surface area (Å²) in [6, 6.07) is 6.91. The van der Waals surface area contributed by atoms with E-state index < -0.39 is 5.60 Å². The quantitative estimate of drug-likeness (QED) is 0.794. The van der Waals surface area contributed by atoms with Crippen LogP contribution in [-0.2, 0) is 15.9 Å². The first-order chi connectivity index (χ1) is 15.1. The standard InChI is InChI=1S/C23H32N4O4/c1-2-30-22(29)27-17-6-7-18(27)15-19(14-17)26-11-8-23(9-12-26)20(25-21(28)31-23)13-16-5-3-4-10-24-16/h3-5,10,17-20H,2,6-9,11-15H2,1H3,(H,25,28). The number of nitrogens with zero attached hydrogens (tertiary/aromatic N) is 3. The number of hydrogen-bond donors (Lipinski definition) is 1. The highest BCUT2D eigenvalue weighted by molar-refractivity contribution is 5.71. The van der Waals surface area contributed by atoms with Crippen LogP contribution in [-0.4, -0.2) is 76.4 Å². The average molecular weight is 429 g/mol. The number of amides is 2. The molecule has 8 nitrogen and oxygen atoms in total. The number of rotatable bonds is 4. The number of aromatic nitrogens is 1. The molecule has 1 spiro atoms. The van der Waals surface area contributed by atoms with Gasteiger partial charge in [0.2, 0.25) is 0 Å². The molecule has 2 amide bonds. The number of ether oxygens (including phenoxy) is 2. The molecule has 8 heteroatoms. The van der Waals surface area contributed by atoms with Crippen LogP contribution in [0.3, 0.4) is 0 Å². The predicted molar refractivity (Wildman–Crippen MR) is 114 cm³/mol. The largest absolute Gasteiger partial charge is 0.450 e. The smallest absolute Gasteiger partial charge is 0.410 e. The first-order valence-electron chi connectivity index (χ1n) is 11.7. The van der Waals surface area contributed by atoms with Gasteiger partial charge in [-0.05, 0) is 44.7 Å². The maximum atomic E-state index is 12.4. The molecule has 0 aliphatic carbocycles. The molecule has 168 valence electrons. The summed E-state index contributed by atoms with van der Waals surface area (Å²) >= 11 is 0. The highest BCUT2D eigenvalue weighted by Crippen LogP contribution is 2.41. The third kappa shape index (κ3) is 3.86. The van der Waals surface area contributed by atoms with Gasteiger partial charge < -0.3 is 19.7 Å². The van der Waals surface area contributed by atoms with Crippen molar-refractivity contribution in [1.29, 1.82) is 0 Å². The van der Waals surface area contributed by atoms with Crippen molar-refractivity contribution in [3.05, 3.63) is 30.1 Å². The fraction of sp³-hybridized carbons (Fsp3) is 0.696. The van der Waals surface area contributed by atoms with E-state index in [2.05, 4.69) is 15.2 Å². The second-order valence-corrected chi connectivity index (χ2v) is 9.33. The van der Waals surface area contributed by atoms with E-state index in [0.717, 1.165) is 57.3 Å². The van der Waals surface area contributed by atoms with Gasteiger partial charge in [-0.25, -0.2) is 9.59 Å². The Balaban J connectivity index is 1.21. The van der Waals surface area contributed by atoms with Gasteiger partial charge in [-0.3, -0.25) is 9.88 Å². The number of alkyl carbamates (subject to hydrolysis) is 1. The molecule has 31 heavy (non-hydrogen) atoms. The van der Waals surface area contributed by atoms with E-state index in [1.54, 1.807) is 6.20 Å². The Bertz CT molecular complexity index is 797. The average Bonchev–Trinajstić information content (AvgIpc) is 3.21. The minimum absolute atomic E-state index is 0.0427. The number of hydrogen-bond acceptors (Lipinski definition) is 6. The lowest BCUT2D eigenvalue weighted by molar-refractivity contribution is -0.0393. The molecule has 0 radical (unpaired) electrons. The van der Waals surface area contributed by atoms with Crippen molar-refractivity contribution in [2.45, 2.75) is 81.6 Å². The van der Waals surface area contributed by atoms with Gasteiger partial charge in [-0.2, -0.15) is 0 Å². The minimum Gasteiger partial charge on any atom is -0.450 e. The Morgan fingerprint density at radius 3 is 2.61 bits per heavy atom. The number of fused-ring (bicyclic) bond motifs is 2. The zero-order valence-electron chi connectivity index (χ0n) is 18.2. The summed E-state index contributed by atoms with van der Waals surface area (Å²) in [7, 11) is 0. The van der Waals surface area contributed by atoms with Crippen LogP contribution in [0.2, 0.25) is 0 Å². The Morgan fingerprint density at radius 2 is 1.97 bits per heavy atom. The summed E-state index contributed by atoms with van der Waals surface area (Å²) in [5.74, 6) is 0. The van der Waals surface area contributed by atoms with Crippen LogP contribution < -0.4 is 5.32 Å². The van der Waals surface area contributed by atoms with Gasteiger partial charge in [0, 0.05) is 62.4 Å². The van der Waals surface area contributed by atoms with Crippen molar-refractivity contribution in [2.75, 3.05) is 19.7 Å². The molecular weight excluding hydrogens is 396 g/mol. The summed E-state index contributed by atoms with van der Waals surface area (Å²) in [5, 5.41) is 3.03. The fourth-order valence-corrected chi connectivity index (χ4v) is 6.18. The van der Waals surface area contributed by atoms with Crippen LogP contribution in [0.5, 0.6) is 0 Å². The van der Waals surface area contributed by atoms with Crippen molar-refractivity contribution >= 4 is 12.2 Å².